The number of anilines is 1. The van der Waals surface area contributed by atoms with E-state index in [1.165, 1.54) is 0 Å². The summed E-state index contributed by atoms with van der Waals surface area (Å²) in [6.45, 7) is 4.36. The summed E-state index contributed by atoms with van der Waals surface area (Å²) < 4.78 is 2.26. The van der Waals surface area contributed by atoms with Crippen molar-refractivity contribution in [3.63, 3.8) is 0 Å². The summed E-state index contributed by atoms with van der Waals surface area (Å²) in [6, 6.07) is 8.01. The largest absolute Gasteiger partial charge is 0.326 e. The quantitative estimate of drug-likeness (QED) is 0.641. The summed E-state index contributed by atoms with van der Waals surface area (Å²) in [5.41, 5.74) is 3.00. The van der Waals surface area contributed by atoms with Gasteiger partial charge in [0.15, 0.2) is 5.82 Å². The van der Waals surface area contributed by atoms with E-state index in [1.54, 1.807) is 0 Å². The fourth-order valence-electron chi connectivity index (χ4n) is 4.00. The lowest BCUT2D eigenvalue weighted by atomic mass is 9.99. The summed E-state index contributed by atoms with van der Waals surface area (Å²) in [7, 11) is 0. The minimum absolute atomic E-state index is 0.00867. The zero-order valence-electron chi connectivity index (χ0n) is 15.6. The van der Waals surface area contributed by atoms with Gasteiger partial charge in [0.1, 0.15) is 5.82 Å². The Morgan fingerprint density at radius 3 is 3.04 bits per heavy atom. The Balaban J connectivity index is 1.43. The molecule has 2 aliphatic heterocycles. The first-order chi connectivity index (χ1) is 13.8. The number of amides is 1. The topological polar surface area (TPSA) is 96.8 Å². The lowest BCUT2D eigenvalue weighted by Gasteiger charge is -2.21. The minimum Gasteiger partial charge on any atom is -0.326 e. The molecule has 1 amide bonds. The van der Waals surface area contributed by atoms with Crippen molar-refractivity contribution >= 4 is 22.6 Å². The van der Waals surface area contributed by atoms with Crippen LogP contribution in [-0.2, 0) is 17.9 Å². The lowest BCUT2D eigenvalue weighted by molar-refractivity contribution is -0.120. The van der Waals surface area contributed by atoms with Crippen LogP contribution in [-0.4, -0.2) is 45.3 Å². The van der Waals surface area contributed by atoms with Crippen LogP contribution in [0.3, 0.4) is 0 Å². The van der Waals surface area contributed by atoms with E-state index in [2.05, 4.69) is 47.8 Å². The van der Waals surface area contributed by atoms with E-state index in [0.29, 0.717) is 5.82 Å². The molecule has 8 heteroatoms. The van der Waals surface area contributed by atoms with E-state index in [0.717, 1.165) is 73.6 Å². The second kappa shape index (κ2) is 7.29. The van der Waals surface area contributed by atoms with E-state index >= 15 is 0 Å². The molecule has 0 spiro atoms. The predicted octanol–water partition coefficient (Wildman–Crippen LogP) is 1.53. The fraction of sp³-hybridized carbons (Fsp3) is 0.400. The van der Waals surface area contributed by atoms with Gasteiger partial charge in [0.05, 0.1) is 29.9 Å². The zero-order chi connectivity index (χ0) is 18.9. The molecule has 1 saturated heterocycles. The van der Waals surface area contributed by atoms with Gasteiger partial charge in [0.25, 0.3) is 0 Å². The molecule has 0 saturated carbocycles. The van der Waals surface area contributed by atoms with Gasteiger partial charge in [-0.15, -0.1) is 10.2 Å². The number of nitrogens with zero attached hydrogens (tertiary/aromatic N) is 4. The highest BCUT2D eigenvalue weighted by molar-refractivity contribution is 5.94. The zero-order valence-corrected chi connectivity index (χ0v) is 15.6. The van der Waals surface area contributed by atoms with Crippen LogP contribution in [0.25, 0.3) is 22.2 Å². The van der Waals surface area contributed by atoms with Crippen LogP contribution in [0.5, 0.6) is 0 Å². The van der Waals surface area contributed by atoms with Crippen LogP contribution >= 0.6 is 0 Å². The third-order valence-corrected chi connectivity index (χ3v) is 5.53. The molecule has 0 unspecified atom stereocenters. The van der Waals surface area contributed by atoms with Crippen molar-refractivity contribution in [1.82, 2.24) is 30.4 Å². The monoisotopic (exact) mass is 377 g/mol. The lowest BCUT2D eigenvalue weighted by Crippen LogP contribution is -2.37. The molecule has 144 valence electrons. The maximum atomic E-state index is 12.5. The maximum absolute atomic E-state index is 12.5. The van der Waals surface area contributed by atoms with Gasteiger partial charge in [-0.3, -0.25) is 4.79 Å². The fourth-order valence-corrected chi connectivity index (χ4v) is 4.00. The van der Waals surface area contributed by atoms with Gasteiger partial charge in [-0.25, -0.2) is 4.98 Å². The Bertz CT molecular complexity index is 1020. The number of carbonyl (C=O) groups excluding carboxylic acids is 1. The van der Waals surface area contributed by atoms with Gasteiger partial charge in [-0.05, 0) is 37.6 Å². The molecule has 5 rings (SSSR count). The van der Waals surface area contributed by atoms with Crippen molar-refractivity contribution in [1.29, 1.82) is 0 Å². The number of nitrogens with one attached hydrogen (secondary N) is 3. The number of fused-ring (bicyclic) bond motifs is 2. The van der Waals surface area contributed by atoms with E-state index in [4.69, 9.17) is 0 Å². The van der Waals surface area contributed by atoms with E-state index < -0.39 is 0 Å². The molecule has 1 fully saturated rings. The average Bonchev–Trinajstić information content (AvgIpc) is 3.18. The second-order valence-electron chi connectivity index (χ2n) is 7.42. The molecule has 0 bridgehead atoms. The molecule has 8 nitrogen and oxygen atoms in total. The number of imidazole rings is 1. The summed E-state index contributed by atoms with van der Waals surface area (Å²) >= 11 is 0. The van der Waals surface area contributed by atoms with Gasteiger partial charge in [-0.1, -0.05) is 6.07 Å². The van der Waals surface area contributed by atoms with Crippen LogP contribution in [0, 0.1) is 5.92 Å². The molecule has 3 aromatic rings. The van der Waals surface area contributed by atoms with E-state index in [-0.39, 0.29) is 11.8 Å². The van der Waals surface area contributed by atoms with Crippen molar-refractivity contribution in [2.45, 2.75) is 25.9 Å². The van der Waals surface area contributed by atoms with E-state index in [9.17, 15) is 4.79 Å². The summed E-state index contributed by atoms with van der Waals surface area (Å²) in [5, 5.41) is 18.9. The first kappa shape index (κ1) is 17.3. The number of hydrogen-bond acceptors (Lipinski definition) is 6. The third kappa shape index (κ3) is 3.25. The Kier molecular flexibility index (Phi) is 4.50. The predicted molar refractivity (Wildman–Crippen MR) is 107 cm³/mol. The van der Waals surface area contributed by atoms with Crippen LogP contribution < -0.4 is 16.0 Å². The molecule has 4 heterocycles. The molecule has 2 aliphatic rings. The minimum atomic E-state index is -0.00972. The molecular weight excluding hydrogens is 354 g/mol. The number of aromatic nitrogens is 4. The van der Waals surface area contributed by atoms with Gasteiger partial charge >= 0.3 is 0 Å². The van der Waals surface area contributed by atoms with Crippen LogP contribution in [0.4, 0.5) is 5.82 Å². The highest BCUT2D eigenvalue weighted by Crippen LogP contribution is 2.26. The number of benzene rings is 1. The highest BCUT2D eigenvalue weighted by atomic mass is 16.2. The first-order valence-corrected chi connectivity index (χ1v) is 9.82. The molecule has 3 N–H and O–H groups in total. The van der Waals surface area contributed by atoms with Crippen LogP contribution in [0.15, 0.2) is 30.5 Å². The van der Waals surface area contributed by atoms with Gasteiger partial charge < -0.3 is 20.5 Å². The third-order valence-electron chi connectivity index (χ3n) is 5.53. The molecule has 2 aromatic heterocycles. The summed E-state index contributed by atoms with van der Waals surface area (Å²) in [4.78, 5) is 17.0. The normalized spacial score (nSPS) is 19.4. The number of carbonyl (C=O) groups is 1. The molecule has 0 aliphatic carbocycles. The van der Waals surface area contributed by atoms with Crippen molar-refractivity contribution in [3.8, 4) is 11.3 Å². The van der Waals surface area contributed by atoms with Crippen LogP contribution in [0.1, 0.15) is 18.7 Å². The first-order valence-electron chi connectivity index (χ1n) is 9.82. The standard InChI is InChI=1S/C20H23N7O/c28-20(14-2-1-5-21-10-14)24-18-9-15-8-13(3-4-16(15)25-26-18)17-11-23-19-12-22-6-7-27(17)19/h3-4,8-9,11,14,21-22H,1-2,5-7,10,12H2,(H,24,26,28)/t14-/m1/s1. The van der Waals surface area contributed by atoms with Crippen LogP contribution in [0.2, 0.25) is 0 Å². The number of rotatable bonds is 3. The van der Waals surface area contributed by atoms with Gasteiger partial charge in [-0.2, -0.15) is 0 Å². The van der Waals surface area contributed by atoms with Gasteiger partial charge in [0, 0.05) is 30.6 Å². The smallest absolute Gasteiger partial charge is 0.229 e. The Morgan fingerprint density at radius 2 is 2.14 bits per heavy atom. The summed E-state index contributed by atoms with van der Waals surface area (Å²) in [5.74, 6) is 1.56. The Labute approximate surface area is 162 Å². The van der Waals surface area contributed by atoms with Crippen molar-refractivity contribution < 1.29 is 4.79 Å². The molecular formula is C20H23N7O. The Hall–Kier alpha value is -2.84. The summed E-state index contributed by atoms with van der Waals surface area (Å²) in [6.07, 6.45) is 3.86. The SMILES string of the molecule is O=C(Nc1cc2cc(-c3cnc4n3CCNC4)ccc2nn1)[C@@H]1CCCNC1. The van der Waals surface area contributed by atoms with Gasteiger partial charge in [0.2, 0.25) is 5.91 Å². The highest BCUT2D eigenvalue weighted by Gasteiger charge is 2.21. The molecule has 0 radical (unpaired) electrons. The molecule has 1 aromatic carbocycles. The molecule has 1 atom stereocenters. The number of piperidine rings is 1. The Morgan fingerprint density at radius 1 is 1.18 bits per heavy atom. The number of hydrogen-bond donors (Lipinski definition) is 3. The van der Waals surface area contributed by atoms with Crippen molar-refractivity contribution in [2.75, 3.05) is 25.0 Å². The van der Waals surface area contributed by atoms with Crippen molar-refractivity contribution in [2.24, 2.45) is 5.92 Å². The van der Waals surface area contributed by atoms with Crippen molar-refractivity contribution in [3.05, 3.63) is 36.3 Å². The second-order valence-corrected chi connectivity index (χ2v) is 7.42. The average molecular weight is 377 g/mol. The van der Waals surface area contributed by atoms with E-state index in [1.807, 2.05) is 18.3 Å². The molecule has 28 heavy (non-hydrogen) atoms. The maximum Gasteiger partial charge on any atom is 0.229 e.